The number of para-hydroxylation sites is 2. The van der Waals surface area contributed by atoms with Gasteiger partial charge in [-0.1, -0.05) is 78.9 Å². The maximum atomic E-state index is 4.98. The Balaban J connectivity index is 1.60. The molecule has 0 amide bonds. The van der Waals surface area contributed by atoms with E-state index in [1.54, 1.807) is 0 Å². The number of hydrogen-bond acceptors (Lipinski definition) is 3. The van der Waals surface area contributed by atoms with Crippen molar-refractivity contribution in [3.8, 4) is 22.8 Å². The Kier molecular flexibility index (Phi) is 3.78. The molecule has 0 saturated carbocycles. The molecule has 0 radical (unpaired) electrons. The van der Waals surface area contributed by atoms with Gasteiger partial charge in [-0.05, 0) is 35.0 Å². The lowest BCUT2D eigenvalue weighted by Gasteiger charge is -2.10. The summed E-state index contributed by atoms with van der Waals surface area (Å²) < 4.78 is 0. The van der Waals surface area contributed by atoms with Crippen molar-refractivity contribution in [3.05, 3.63) is 103 Å². The first-order valence-corrected chi connectivity index (χ1v) is 9.97. The van der Waals surface area contributed by atoms with Crippen LogP contribution in [0.15, 0.2) is 103 Å². The van der Waals surface area contributed by atoms with Crippen LogP contribution < -0.4 is 0 Å². The van der Waals surface area contributed by atoms with Gasteiger partial charge in [0.2, 0.25) is 0 Å². The monoisotopic (exact) mass is 383 g/mol. The maximum Gasteiger partial charge on any atom is 0.160 e. The van der Waals surface area contributed by atoms with Gasteiger partial charge in [-0.25, -0.2) is 15.0 Å². The van der Waals surface area contributed by atoms with E-state index in [1.165, 1.54) is 10.8 Å². The molecule has 140 valence electrons. The molecule has 0 bridgehead atoms. The fraction of sp³-hybridized carbons (Fsp3) is 0. The second kappa shape index (κ2) is 6.75. The maximum absolute atomic E-state index is 4.98. The van der Waals surface area contributed by atoms with Crippen LogP contribution in [0, 0.1) is 0 Å². The number of hydrogen-bond donors (Lipinski definition) is 0. The largest absolute Gasteiger partial charge is 0.246 e. The lowest BCUT2D eigenvalue weighted by molar-refractivity contribution is 1.21. The fourth-order valence-electron chi connectivity index (χ4n) is 3.93. The number of aromatic nitrogens is 3. The van der Waals surface area contributed by atoms with Crippen molar-refractivity contribution in [2.45, 2.75) is 0 Å². The van der Waals surface area contributed by atoms with E-state index in [1.807, 2.05) is 42.5 Å². The summed E-state index contributed by atoms with van der Waals surface area (Å²) >= 11 is 0. The normalized spacial score (nSPS) is 11.3. The third-order valence-electron chi connectivity index (χ3n) is 5.45. The Bertz CT molecular complexity index is 1550. The lowest BCUT2D eigenvalue weighted by atomic mass is 10.1. The van der Waals surface area contributed by atoms with Gasteiger partial charge in [0.15, 0.2) is 5.82 Å². The Morgan fingerprint density at radius 3 is 2.07 bits per heavy atom. The number of pyridine rings is 1. The minimum Gasteiger partial charge on any atom is -0.246 e. The second-order valence-corrected chi connectivity index (χ2v) is 7.36. The minimum atomic E-state index is 0.712. The van der Waals surface area contributed by atoms with E-state index in [-0.39, 0.29) is 0 Å². The Morgan fingerprint density at radius 1 is 0.467 bits per heavy atom. The summed E-state index contributed by atoms with van der Waals surface area (Å²) in [6.45, 7) is 0. The highest BCUT2D eigenvalue weighted by molar-refractivity contribution is 5.95. The molecule has 2 aromatic heterocycles. The van der Waals surface area contributed by atoms with E-state index >= 15 is 0 Å². The molecular weight excluding hydrogens is 366 g/mol. The Morgan fingerprint density at radius 2 is 1.17 bits per heavy atom. The molecule has 6 rings (SSSR count). The molecule has 0 atom stereocenters. The summed E-state index contributed by atoms with van der Waals surface area (Å²) in [5.74, 6) is 0.712. The molecule has 6 aromatic rings. The topological polar surface area (TPSA) is 38.7 Å². The highest BCUT2D eigenvalue weighted by Crippen LogP contribution is 2.30. The molecule has 0 aliphatic rings. The molecule has 0 N–H and O–H groups in total. The second-order valence-electron chi connectivity index (χ2n) is 7.36. The SMILES string of the molecule is c1ccc2cc(-c3nc(-c4ccc5ccccc5n4)c4ccccc4n3)ccc2c1. The zero-order valence-corrected chi connectivity index (χ0v) is 16.2. The van der Waals surface area contributed by atoms with Gasteiger partial charge in [-0.3, -0.25) is 0 Å². The number of nitrogens with zero attached hydrogens (tertiary/aromatic N) is 3. The van der Waals surface area contributed by atoms with Crippen molar-refractivity contribution < 1.29 is 0 Å². The molecule has 3 nitrogen and oxygen atoms in total. The Hall–Kier alpha value is -4.11. The van der Waals surface area contributed by atoms with Crippen molar-refractivity contribution in [2.24, 2.45) is 0 Å². The van der Waals surface area contributed by atoms with Crippen LogP contribution in [0.2, 0.25) is 0 Å². The molecule has 0 aliphatic carbocycles. The predicted octanol–water partition coefficient (Wildman–Crippen LogP) is 6.67. The van der Waals surface area contributed by atoms with Gasteiger partial charge in [0.25, 0.3) is 0 Å². The average Bonchev–Trinajstić information content (AvgIpc) is 2.82. The fourth-order valence-corrected chi connectivity index (χ4v) is 3.93. The molecular formula is C27H17N3. The number of rotatable bonds is 2. The van der Waals surface area contributed by atoms with E-state index < -0.39 is 0 Å². The van der Waals surface area contributed by atoms with Gasteiger partial charge in [-0.2, -0.15) is 0 Å². The molecule has 0 unspecified atom stereocenters. The summed E-state index contributed by atoms with van der Waals surface area (Å²) in [6.07, 6.45) is 0. The molecule has 0 spiro atoms. The van der Waals surface area contributed by atoms with E-state index in [4.69, 9.17) is 15.0 Å². The van der Waals surface area contributed by atoms with Crippen molar-refractivity contribution in [3.63, 3.8) is 0 Å². The smallest absolute Gasteiger partial charge is 0.160 e. The van der Waals surface area contributed by atoms with Gasteiger partial charge < -0.3 is 0 Å². The van der Waals surface area contributed by atoms with Crippen molar-refractivity contribution in [2.75, 3.05) is 0 Å². The van der Waals surface area contributed by atoms with E-state index in [2.05, 4.69) is 60.7 Å². The molecule has 0 saturated heterocycles. The third-order valence-corrected chi connectivity index (χ3v) is 5.45. The highest BCUT2D eigenvalue weighted by Gasteiger charge is 2.13. The van der Waals surface area contributed by atoms with Crippen molar-refractivity contribution in [1.29, 1.82) is 0 Å². The van der Waals surface area contributed by atoms with Crippen LogP contribution >= 0.6 is 0 Å². The first kappa shape index (κ1) is 16.8. The van der Waals surface area contributed by atoms with Crippen LogP contribution in [0.25, 0.3) is 55.4 Å². The number of fused-ring (bicyclic) bond motifs is 3. The average molecular weight is 383 g/mol. The zero-order chi connectivity index (χ0) is 19.9. The first-order chi connectivity index (χ1) is 14.8. The predicted molar refractivity (Wildman–Crippen MR) is 123 cm³/mol. The molecule has 30 heavy (non-hydrogen) atoms. The summed E-state index contributed by atoms with van der Waals surface area (Å²) in [5.41, 5.74) is 4.59. The third kappa shape index (κ3) is 2.80. The summed E-state index contributed by atoms with van der Waals surface area (Å²) in [7, 11) is 0. The molecule has 0 aliphatic heterocycles. The van der Waals surface area contributed by atoms with E-state index in [0.29, 0.717) is 5.82 Å². The highest BCUT2D eigenvalue weighted by atomic mass is 14.9. The Labute approximate surface area is 173 Å². The summed E-state index contributed by atoms with van der Waals surface area (Å²) in [4.78, 5) is 14.7. The summed E-state index contributed by atoms with van der Waals surface area (Å²) in [5, 5.41) is 4.51. The minimum absolute atomic E-state index is 0.712. The van der Waals surface area contributed by atoms with Crippen LogP contribution in [0.5, 0.6) is 0 Å². The van der Waals surface area contributed by atoms with Gasteiger partial charge in [-0.15, -0.1) is 0 Å². The molecule has 0 fully saturated rings. The molecule has 2 heterocycles. The van der Waals surface area contributed by atoms with Crippen LogP contribution in [0.4, 0.5) is 0 Å². The lowest BCUT2D eigenvalue weighted by Crippen LogP contribution is -1.96. The van der Waals surface area contributed by atoms with E-state index in [9.17, 15) is 0 Å². The van der Waals surface area contributed by atoms with Gasteiger partial charge >= 0.3 is 0 Å². The molecule has 4 aromatic carbocycles. The molecule has 3 heteroatoms. The quantitative estimate of drug-likeness (QED) is 0.335. The number of benzene rings is 4. The van der Waals surface area contributed by atoms with Crippen LogP contribution in [-0.4, -0.2) is 15.0 Å². The standard InChI is InChI=1S/C27H17N3/c1-2-9-20-17-21(14-13-18(20)7-1)27-29-24-12-6-4-10-22(24)26(30-27)25-16-15-19-8-3-5-11-23(19)28-25/h1-17H. The van der Waals surface area contributed by atoms with E-state index in [0.717, 1.165) is 38.8 Å². The first-order valence-electron chi connectivity index (χ1n) is 9.97. The van der Waals surface area contributed by atoms with Gasteiger partial charge in [0.05, 0.1) is 16.7 Å². The van der Waals surface area contributed by atoms with Crippen LogP contribution in [0.3, 0.4) is 0 Å². The van der Waals surface area contributed by atoms with Crippen LogP contribution in [-0.2, 0) is 0 Å². The summed E-state index contributed by atoms with van der Waals surface area (Å²) in [6, 6.07) is 35.1. The van der Waals surface area contributed by atoms with Gasteiger partial charge in [0, 0.05) is 16.3 Å². The zero-order valence-electron chi connectivity index (χ0n) is 16.2. The van der Waals surface area contributed by atoms with Crippen LogP contribution in [0.1, 0.15) is 0 Å². The van der Waals surface area contributed by atoms with Gasteiger partial charge in [0.1, 0.15) is 5.69 Å². The van der Waals surface area contributed by atoms with Crippen molar-refractivity contribution in [1.82, 2.24) is 15.0 Å². The van der Waals surface area contributed by atoms with Crippen molar-refractivity contribution >= 4 is 32.6 Å².